The van der Waals surface area contributed by atoms with Gasteiger partial charge in [-0.25, -0.2) is 4.79 Å². The molecule has 0 unspecified atom stereocenters. The third-order valence-corrected chi connectivity index (χ3v) is 1.54. The predicted octanol–water partition coefficient (Wildman–Crippen LogP) is -0.469. The molecule has 7 heteroatoms. The van der Waals surface area contributed by atoms with E-state index in [2.05, 4.69) is 15.2 Å². The van der Waals surface area contributed by atoms with Crippen molar-refractivity contribution >= 4 is 23.8 Å². The summed E-state index contributed by atoms with van der Waals surface area (Å²) >= 11 is 0. The third kappa shape index (κ3) is 3.22. The van der Waals surface area contributed by atoms with Crippen LogP contribution in [0.5, 0.6) is 0 Å². The van der Waals surface area contributed by atoms with Gasteiger partial charge in [0.15, 0.2) is 5.84 Å². The molecule has 0 atom stereocenters. The number of amidine groups is 1. The minimum atomic E-state index is -0.618. The van der Waals surface area contributed by atoms with Crippen molar-refractivity contribution in [3.8, 4) is 0 Å². The Labute approximate surface area is 87.5 Å². The molecule has 1 aliphatic heterocycles. The van der Waals surface area contributed by atoms with Crippen molar-refractivity contribution in [3.63, 3.8) is 0 Å². The van der Waals surface area contributed by atoms with Crippen LogP contribution < -0.4 is 11.5 Å². The van der Waals surface area contributed by atoms with Crippen LogP contribution in [0.15, 0.2) is 15.2 Å². The van der Waals surface area contributed by atoms with Gasteiger partial charge < -0.3 is 11.5 Å². The first-order valence-corrected chi connectivity index (χ1v) is 4.46. The standard InChI is InChI=1S/C8H14N6O/c1-5(2)12-13-7-3-11-8(15)14(7)4-6(9)10/h3,6H,4,9-10H2,1-2H3. The fraction of sp³-hybridized carbons (Fsp3) is 0.500. The summed E-state index contributed by atoms with van der Waals surface area (Å²) in [6.45, 7) is 3.78. The number of nitrogens with zero attached hydrogens (tertiary/aromatic N) is 4. The highest BCUT2D eigenvalue weighted by Gasteiger charge is 2.24. The van der Waals surface area contributed by atoms with Gasteiger partial charge in [-0.3, -0.25) is 4.90 Å². The molecule has 1 aliphatic rings. The molecule has 0 saturated carbocycles. The summed E-state index contributed by atoms with van der Waals surface area (Å²) in [5.74, 6) is 0.363. The van der Waals surface area contributed by atoms with E-state index in [1.165, 1.54) is 11.1 Å². The van der Waals surface area contributed by atoms with Crippen LogP contribution in [0, 0.1) is 0 Å². The maximum atomic E-state index is 11.3. The first-order chi connectivity index (χ1) is 7.00. The normalized spacial score (nSPS) is 18.1. The second kappa shape index (κ2) is 4.76. The molecule has 0 fully saturated rings. The maximum absolute atomic E-state index is 11.3. The second-order valence-corrected chi connectivity index (χ2v) is 3.32. The lowest BCUT2D eigenvalue weighted by atomic mass is 10.4. The van der Waals surface area contributed by atoms with E-state index in [1.807, 2.05) is 0 Å². The number of carbonyl (C=O) groups is 1. The topological polar surface area (TPSA) is 109 Å². The molecule has 2 amide bonds. The number of hydrogen-bond acceptors (Lipinski definition) is 5. The molecule has 82 valence electrons. The Morgan fingerprint density at radius 3 is 2.80 bits per heavy atom. The number of amides is 2. The molecule has 0 aromatic carbocycles. The zero-order valence-electron chi connectivity index (χ0n) is 8.71. The van der Waals surface area contributed by atoms with Gasteiger partial charge in [0.05, 0.1) is 18.9 Å². The first kappa shape index (κ1) is 11.5. The number of carbonyl (C=O) groups excluding carboxylic acids is 1. The van der Waals surface area contributed by atoms with Crippen LogP contribution in [-0.2, 0) is 0 Å². The minimum absolute atomic E-state index is 0.177. The van der Waals surface area contributed by atoms with E-state index in [1.54, 1.807) is 13.8 Å². The highest BCUT2D eigenvalue weighted by molar-refractivity contribution is 6.38. The van der Waals surface area contributed by atoms with Gasteiger partial charge in [-0.2, -0.15) is 10.1 Å². The van der Waals surface area contributed by atoms with Crippen molar-refractivity contribution in [2.24, 2.45) is 26.7 Å². The first-order valence-electron chi connectivity index (χ1n) is 4.46. The maximum Gasteiger partial charge on any atom is 0.349 e. The SMILES string of the molecule is CC(C)=NN=C1C=NC(=O)N1CC(N)N. The molecular weight excluding hydrogens is 196 g/mol. The molecule has 1 rings (SSSR count). The Morgan fingerprint density at radius 2 is 2.27 bits per heavy atom. The van der Waals surface area contributed by atoms with Gasteiger partial charge in [0.2, 0.25) is 0 Å². The molecular formula is C8H14N6O. The average Bonchev–Trinajstić information content (AvgIpc) is 2.44. The lowest BCUT2D eigenvalue weighted by Crippen LogP contribution is -2.45. The lowest BCUT2D eigenvalue weighted by Gasteiger charge is -2.16. The van der Waals surface area contributed by atoms with Crippen LogP contribution in [0.25, 0.3) is 0 Å². The zero-order valence-corrected chi connectivity index (χ0v) is 8.71. The number of hydrogen-bond donors (Lipinski definition) is 2. The zero-order chi connectivity index (χ0) is 11.4. The largest absolute Gasteiger partial charge is 0.349 e. The molecule has 0 bridgehead atoms. The Kier molecular flexibility index (Phi) is 3.64. The summed E-state index contributed by atoms with van der Waals surface area (Å²) in [7, 11) is 0. The number of rotatable bonds is 3. The smallest absolute Gasteiger partial charge is 0.315 e. The van der Waals surface area contributed by atoms with Crippen LogP contribution in [0.1, 0.15) is 13.8 Å². The molecule has 15 heavy (non-hydrogen) atoms. The lowest BCUT2D eigenvalue weighted by molar-refractivity contribution is 0.230. The van der Waals surface area contributed by atoms with Gasteiger partial charge in [0.25, 0.3) is 0 Å². The predicted molar refractivity (Wildman–Crippen MR) is 59.0 cm³/mol. The van der Waals surface area contributed by atoms with E-state index in [0.717, 1.165) is 5.71 Å². The van der Waals surface area contributed by atoms with Crippen LogP contribution in [-0.4, -0.2) is 41.4 Å². The van der Waals surface area contributed by atoms with E-state index in [0.29, 0.717) is 5.84 Å². The Bertz CT molecular complexity index is 339. The number of nitrogens with two attached hydrogens (primary N) is 2. The summed E-state index contributed by atoms with van der Waals surface area (Å²) < 4.78 is 0. The van der Waals surface area contributed by atoms with Crippen molar-refractivity contribution < 1.29 is 4.79 Å². The molecule has 7 nitrogen and oxygen atoms in total. The molecule has 1 heterocycles. The van der Waals surface area contributed by atoms with E-state index in [4.69, 9.17) is 11.5 Å². The number of aliphatic imine (C=N–C) groups is 1. The second-order valence-electron chi connectivity index (χ2n) is 3.32. The van der Waals surface area contributed by atoms with Crippen LogP contribution in [0.3, 0.4) is 0 Å². The van der Waals surface area contributed by atoms with E-state index in [-0.39, 0.29) is 6.54 Å². The van der Waals surface area contributed by atoms with Gasteiger partial charge in [-0.1, -0.05) is 0 Å². The van der Waals surface area contributed by atoms with Gasteiger partial charge in [-0.15, -0.1) is 5.10 Å². The quantitative estimate of drug-likeness (QED) is 0.373. The Hall–Kier alpha value is -1.60. The Morgan fingerprint density at radius 1 is 1.60 bits per heavy atom. The van der Waals surface area contributed by atoms with Crippen molar-refractivity contribution in [1.29, 1.82) is 0 Å². The number of urea groups is 1. The van der Waals surface area contributed by atoms with E-state index in [9.17, 15) is 4.79 Å². The van der Waals surface area contributed by atoms with Gasteiger partial charge in [0, 0.05) is 5.71 Å². The highest BCUT2D eigenvalue weighted by Crippen LogP contribution is 2.03. The third-order valence-electron chi connectivity index (χ3n) is 1.54. The van der Waals surface area contributed by atoms with Crippen LogP contribution in [0.4, 0.5) is 4.79 Å². The Balaban J connectivity index is 2.80. The fourth-order valence-electron chi connectivity index (χ4n) is 0.964. The molecule has 0 aromatic rings. The monoisotopic (exact) mass is 210 g/mol. The van der Waals surface area contributed by atoms with Gasteiger partial charge >= 0.3 is 6.03 Å². The fourth-order valence-corrected chi connectivity index (χ4v) is 0.964. The molecule has 4 N–H and O–H groups in total. The van der Waals surface area contributed by atoms with E-state index >= 15 is 0 Å². The molecule has 0 aliphatic carbocycles. The molecule has 0 radical (unpaired) electrons. The van der Waals surface area contributed by atoms with Gasteiger partial charge in [0.1, 0.15) is 0 Å². The summed E-state index contributed by atoms with van der Waals surface area (Å²) in [6.07, 6.45) is 0.726. The van der Waals surface area contributed by atoms with Crippen LogP contribution in [0.2, 0.25) is 0 Å². The summed E-state index contributed by atoms with van der Waals surface area (Å²) in [6, 6.07) is -0.418. The van der Waals surface area contributed by atoms with Crippen molar-refractivity contribution in [2.45, 2.75) is 20.0 Å². The van der Waals surface area contributed by atoms with E-state index < -0.39 is 12.2 Å². The molecule has 0 spiro atoms. The summed E-state index contributed by atoms with van der Waals surface area (Å²) in [5.41, 5.74) is 11.6. The highest BCUT2D eigenvalue weighted by atomic mass is 16.2. The summed E-state index contributed by atoms with van der Waals surface area (Å²) in [4.78, 5) is 16.1. The van der Waals surface area contributed by atoms with Crippen molar-refractivity contribution in [3.05, 3.63) is 0 Å². The van der Waals surface area contributed by atoms with Crippen LogP contribution >= 0.6 is 0 Å². The minimum Gasteiger partial charge on any atom is -0.315 e. The van der Waals surface area contributed by atoms with Gasteiger partial charge in [-0.05, 0) is 13.8 Å². The van der Waals surface area contributed by atoms with Crippen molar-refractivity contribution in [1.82, 2.24) is 4.90 Å². The average molecular weight is 210 g/mol. The molecule has 0 saturated heterocycles. The summed E-state index contributed by atoms with van der Waals surface area (Å²) in [5, 5.41) is 7.69. The van der Waals surface area contributed by atoms with Crippen molar-refractivity contribution in [2.75, 3.05) is 6.54 Å². The molecule has 0 aromatic heterocycles.